The summed E-state index contributed by atoms with van der Waals surface area (Å²) in [5.41, 5.74) is 11.4. The van der Waals surface area contributed by atoms with Gasteiger partial charge in [0.05, 0.1) is 57.3 Å². The van der Waals surface area contributed by atoms with E-state index in [1.807, 2.05) is 0 Å². The van der Waals surface area contributed by atoms with Gasteiger partial charge in [-0.15, -0.1) is 18.9 Å². The summed E-state index contributed by atoms with van der Waals surface area (Å²) in [5, 5.41) is 41.2. The molecule has 0 aliphatic carbocycles. The van der Waals surface area contributed by atoms with E-state index in [1.54, 1.807) is 0 Å². The third-order valence-electron chi connectivity index (χ3n) is 7.02. The van der Waals surface area contributed by atoms with E-state index in [0.29, 0.717) is 0 Å². The first-order valence-electron chi connectivity index (χ1n) is 15.2. The van der Waals surface area contributed by atoms with Crippen molar-refractivity contribution < 1.29 is 72.2 Å². The van der Waals surface area contributed by atoms with Gasteiger partial charge in [0.25, 0.3) is 16.0 Å². The SMILES string of the molecule is Nc1c(N=Nc2ccc(S(=O)(=O)CCOSOOO)cc2)cc(S(=O)(=O)O)c(N)c1N=Nc1ccc(C(=O)Nc2ccc(S(=O)(=O)CCOSOOO)cc2)cc1. The van der Waals surface area contributed by atoms with E-state index in [4.69, 9.17) is 30.3 Å². The van der Waals surface area contributed by atoms with E-state index in [0.717, 1.165) is 6.07 Å². The smallest absolute Gasteiger partial charge is 0.296 e. The standard InChI is InChI=1S/C29H29N7O16S5/c30-26-24(35-33-21-7-11-23(12-8-21)56(42,43)16-14-48-54-52-50-39)17-25(57(44,45)46)27(31)28(26)36-34-20-3-1-18(2-4-20)29(37)32-19-5-9-22(10-6-19)55(40,41)15-13-47-53-51-49-38/h1-12,17,38-39H,13-16,30-31H2,(H,32,37)(H,44,45,46). The summed E-state index contributed by atoms with van der Waals surface area (Å²) in [6, 6.07) is 16.8. The number of amides is 1. The zero-order chi connectivity index (χ0) is 41.6. The highest BCUT2D eigenvalue weighted by molar-refractivity contribution is 7.92. The Kier molecular flexibility index (Phi) is 16.3. The van der Waals surface area contributed by atoms with Crippen molar-refractivity contribution in [1.82, 2.24) is 0 Å². The molecule has 0 saturated heterocycles. The molecular formula is C29H29N7O16S5. The van der Waals surface area contributed by atoms with Gasteiger partial charge in [0.1, 0.15) is 16.3 Å². The third kappa shape index (κ3) is 13.2. The molecule has 0 spiro atoms. The van der Waals surface area contributed by atoms with Crippen LogP contribution in [0.3, 0.4) is 0 Å². The zero-order valence-corrected chi connectivity index (χ0v) is 32.6. The van der Waals surface area contributed by atoms with Crippen molar-refractivity contribution in [1.29, 1.82) is 0 Å². The van der Waals surface area contributed by atoms with Crippen molar-refractivity contribution in [2.45, 2.75) is 14.7 Å². The lowest BCUT2D eigenvalue weighted by Crippen LogP contribution is -2.13. The van der Waals surface area contributed by atoms with E-state index in [-0.39, 0.29) is 87.3 Å². The summed E-state index contributed by atoms with van der Waals surface area (Å²) in [4.78, 5) is 11.9. The second-order valence-electron chi connectivity index (χ2n) is 10.7. The fourth-order valence-corrected chi connectivity index (χ4v) is 7.75. The highest BCUT2D eigenvalue weighted by Crippen LogP contribution is 2.43. The van der Waals surface area contributed by atoms with E-state index in [9.17, 15) is 34.6 Å². The second-order valence-corrected chi connectivity index (χ2v) is 17.3. The first-order valence-corrected chi connectivity index (χ1v) is 21.3. The predicted octanol–water partition coefficient (Wildman–Crippen LogP) is 5.73. The normalized spacial score (nSPS) is 12.4. The van der Waals surface area contributed by atoms with Crippen molar-refractivity contribution >= 4 is 100 Å². The number of nitrogens with one attached hydrogen (secondary N) is 1. The van der Waals surface area contributed by atoms with Crippen molar-refractivity contribution in [2.24, 2.45) is 20.5 Å². The Morgan fingerprint density at radius 2 is 1.14 bits per heavy atom. The fraction of sp³-hybridized carbons (Fsp3) is 0.138. The Morgan fingerprint density at radius 1 is 0.667 bits per heavy atom. The average molecular weight is 892 g/mol. The molecule has 0 atom stereocenters. The number of sulfone groups is 2. The van der Waals surface area contributed by atoms with Crippen molar-refractivity contribution in [3.63, 3.8) is 0 Å². The van der Waals surface area contributed by atoms with Gasteiger partial charge in [-0.2, -0.15) is 18.6 Å². The number of azo groups is 2. The summed E-state index contributed by atoms with van der Waals surface area (Å²) < 4.78 is 102. The molecule has 0 aliphatic rings. The number of benzene rings is 4. The van der Waals surface area contributed by atoms with Gasteiger partial charge in [0, 0.05) is 11.3 Å². The highest BCUT2D eigenvalue weighted by atomic mass is 32.2. The predicted molar refractivity (Wildman–Crippen MR) is 202 cm³/mol. The molecule has 0 heterocycles. The van der Waals surface area contributed by atoms with Gasteiger partial charge >= 0.3 is 0 Å². The quantitative estimate of drug-likeness (QED) is 0.0111. The maximum absolute atomic E-state index is 12.8. The second kappa shape index (κ2) is 20.7. The highest BCUT2D eigenvalue weighted by Gasteiger charge is 2.23. The molecule has 1 amide bonds. The number of hydrogen-bond acceptors (Lipinski definition) is 23. The Labute approximate surface area is 332 Å². The van der Waals surface area contributed by atoms with Crippen LogP contribution in [0.2, 0.25) is 0 Å². The van der Waals surface area contributed by atoms with Gasteiger partial charge in [-0.1, -0.05) is 10.1 Å². The number of hydrogen-bond donors (Lipinski definition) is 6. The molecule has 23 nitrogen and oxygen atoms in total. The maximum Gasteiger partial charge on any atom is 0.296 e. The van der Waals surface area contributed by atoms with Crippen molar-refractivity contribution in [2.75, 3.05) is 41.5 Å². The molecule has 4 aromatic carbocycles. The molecule has 0 aromatic heterocycles. The minimum absolute atomic E-state index is 0.0370. The lowest BCUT2D eigenvalue weighted by atomic mass is 10.2. The number of nitrogens with two attached hydrogens (primary N) is 2. The molecular weight excluding hydrogens is 863 g/mol. The van der Waals surface area contributed by atoms with E-state index in [1.165, 1.54) is 72.8 Å². The van der Waals surface area contributed by atoms with Crippen LogP contribution in [-0.2, 0) is 56.9 Å². The van der Waals surface area contributed by atoms with Crippen LogP contribution in [0.5, 0.6) is 0 Å². The minimum atomic E-state index is -4.94. The molecule has 0 unspecified atom stereocenters. The van der Waals surface area contributed by atoms with Crippen LogP contribution in [0, 0.1) is 0 Å². The van der Waals surface area contributed by atoms with Gasteiger partial charge in [0.2, 0.25) is 0 Å². The summed E-state index contributed by atoms with van der Waals surface area (Å²) in [6.45, 7) is -0.575. The van der Waals surface area contributed by atoms with Crippen molar-refractivity contribution in [3.05, 3.63) is 84.4 Å². The Bertz CT molecular complexity index is 2400. The lowest BCUT2D eigenvalue weighted by Gasteiger charge is -2.10. The largest absolute Gasteiger partial charge is 0.396 e. The molecule has 8 N–H and O–H groups in total. The van der Waals surface area contributed by atoms with Gasteiger partial charge in [-0.3, -0.25) is 17.7 Å². The van der Waals surface area contributed by atoms with Crippen LogP contribution in [0.4, 0.5) is 39.8 Å². The lowest BCUT2D eigenvalue weighted by molar-refractivity contribution is -0.434. The van der Waals surface area contributed by atoms with Crippen molar-refractivity contribution in [3.8, 4) is 0 Å². The number of rotatable bonds is 21. The topological polar surface area (TPSA) is 349 Å². The molecule has 0 radical (unpaired) electrons. The summed E-state index contributed by atoms with van der Waals surface area (Å²) >= 11 is 0.467. The number of anilines is 3. The van der Waals surface area contributed by atoms with Crippen LogP contribution in [0.15, 0.2) is 114 Å². The van der Waals surface area contributed by atoms with Gasteiger partial charge in [-0.05, 0) is 78.9 Å². The Hall–Kier alpha value is -4.66. The third-order valence-corrected chi connectivity index (χ3v) is 12.1. The van der Waals surface area contributed by atoms with Gasteiger partial charge in [-0.25, -0.2) is 27.4 Å². The summed E-state index contributed by atoms with van der Waals surface area (Å²) in [6.07, 6.45) is 0. The molecule has 0 bridgehead atoms. The van der Waals surface area contributed by atoms with Crippen LogP contribution >= 0.6 is 24.6 Å². The van der Waals surface area contributed by atoms with Crippen LogP contribution in [0.1, 0.15) is 10.4 Å². The first kappa shape index (κ1) is 45.0. The molecule has 57 heavy (non-hydrogen) atoms. The van der Waals surface area contributed by atoms with E-state index in [2.05, 4.69) is 44.5 Å². The molecule has 0 saturated carbocycles. The Balaban J connectivity index is 1.46. The first-order chi connectivity index (χ1) is 27.1. The van der Waals surface area contributed by atoms with Gasteiger partial charge in [0.15, 0.2) is 44.3 Å². The molecule has 0 fully saturated rings. The average Bonchev–Trinajstić information content (AvgIpc) is 3.17. The van der Waals surface area contributed by atoms with E-state index < -0.39 is 57.8 Å². The van der Waals surface area contributed by atoms with Crippen LogP contribution in [-0.4, -0.2) is 70.9 Å². The molecule has 0 aliphatic heterocycles. The van der Waals surface area contributed by atoms with Crippen LogP contribution < -0.4 is 16.8 Å². The number of nitrogen functional groups attached to an aromatic ring is 2. The monoisotopic (exact) mass is 891 g/mol. The number of carbonyl (C=O) groups is 1. The number of nitrogens with zero attached hydrogens (tertiary/aromatic N) is 4. The summed E-state index contributed by atoms with van der Waals surface area (Å²) in [7, 11) is -12.5. The Morgan fingerprint density at radius 3 is 1.63 bits per heavy atom. The van der Waals surface area contributed by atoms with Crippen LogP contribution in [0.25, 0.3) is 0 Å². The maximum atomic E-state index is 12.8. The summed E-state index contributed by atoms with van der Waals surface area (Å²) in [5.74, 6) is -1.41. The zero-order valence-electron chi connectivity index (χ0n) is 28.5. The van der Waals surface area contributed by atoms with E-state index >= 15 is 0 Å². The number of carbonyl (C=O) groups excluding carboxylic acids is 1. The fourth-order valence-electron chi connectivity index (χ4n) is 4.29. The molecule has 28 heteroatoms. The molecule has 306 valence electrons. The minimum Gasteiger partial charge on any atom is -0.396 e. The molecule has 4 aromatic rings. The van der Waals surface area contributed by atoms with Gasteiger partial charge < -0.3 is 16.8 Å². The molecule has 4 rings (SSSR count).